The third-order valence-electron chi connectivity index (χ3n) is 2.75. The molecule has 0 spiro atoms. The summed E-state index contributed by atoms with van der Waals surface area (Å²) in [5.74, 6) is 1.45. The van der Waals surface area contributed by atoms with Gasteiger partial charge in [-0.15, -0.1) is 11.3 Å². The van der Waals surface area contributed by atoms with Crippen LogP contribution in [0.25, 0.3) is 0 Å². The Balaban J connectivity index is 2.23. The Morgan fingerprint density at radius 3 is 2.50 bits per heavy atom. The lowest BCUT2D eigenvalue weighted by Crippen LogP contribution is -2.18. The van der Waals surface area contributed by atoms with Crippen molar-refractivity contribution >= 4 is 11.3 Å². The van der Waals surface area contributed by atoms with Gasteiger partial charge in [0.15, 0.2) is 11.5 Å². The smallest absolute Gasteiger partial charge is 0.162 e. The molecule has 4 heteroatoms. The molecule has 0 saturated carbocycles. The van der Waals surface area contributed by atoms with E-state index in [0.29, 0.717) is 6.54 Å². The van der Waals surface area contributed by atoms with Gasteiger partial charge < -0.3 is 15.2 Å². The second kappa shape index (κ2) is 5.89. The number of methoxy groups -OCH3 is 1. The summed E-state index contributed by atoms with van der Waals surface area (Å²) in [6, 6.07) is 9.69. The van der Waals surface area contributed by atoms with Gasteiger partial charge in [0, 0.05) is 11.4 Å². The maximum Gasteiger partial charge on any atom is 0.162 e. The highest BCUT2D eigenvalue weighted by Crippen LogP contribution is 2.33. The van der Waals surface area contributed by atoms with Gasteiger partial charge in [0.25, 0.3) is 0 Å². The van der Waals surface area contributed by atoms with Crippen LogP contribution in [0, 0.1) is 6.92 Å². The molecule has 3 nitrogen and oxygen atoms in total. The summed E-state index contributed by atoms with van der Waals surface area (Å²) in [6.07, 6.45) is -0.124. The molecular weight excluding hydrogens is 246 g/mol. The van der Waals surface area contributed by atoms with Crippen molar-refractivity contribution in [3.05, 3.63) is 46.2 Å². The maximum atomic E-state index is 5.97. The minimum absolute atomic E-state index is 0.124. The molecule has 0 radical (unpaired) electrons. The zero-order valence-corrected chi connectivity index (χ0v) is 11.4. The van der Waals surface area contributed by atoms with Crippen LogP contribution in [-0.4, -0.2) is 13.7 Å². The lowest BCUT2D eigenvalue weighted by Gasteiger charge is -2.18. The fourth-order valence-corrected chi connectivity index (χ4v) is 2.76. The molecule has 1 atom stereocenters. The molecule has 96 valence electrons. The van der Waals surface area contributed by atoms with Crippen LogP contribution in [0.3, 0.4) is 0 Å². The van der Waals surface area contributed by atoms with Crippen LogP contribution >= 0.6 is 11.3 Å². The number of hydrogen-bond donors (Lipinski definition) is 1. The van der Waals surface area contributed by atoms with E-state index in [1.54, 1.807) is 18.4 Å². The molecular formula is C14H17NO2S. The summed E-state index contributed by atoms with van der Waals surface area (Å²) in [7, 11) is 1.63. The van der Waals surface area contributed by atoms with Gasteiger partial charge >= 0.3 is 0 Å². The van der Waals surface area contributed by atoms with E-state index >= 15 is 0 Å². The van der Waals surface area contributed by atoms with E-state index < -0.39 is 0 Å². The van der Waals surface area contributed by atoms with Gasteiger partial charge in [0.2, 0.25) is 0 Å². The molecule has 1 unspecified atom stereocenters. The first-order valence-corrected chi connectivity index (χ1v) is 6.68. The molecule has 2 N–H and O–H groups in total. The SMILES string of the molecule is COc1ccccc1OC(CN)c1sccc1C. The Morgan fingerprint density at radius 1 is 1.22 bits per heavy atom. The van der Waals surface area contributed by atoms with E-state index in [-0.39, 0.29) is 6.10 Å². The molecule has 1 aromatic heterocycles. The second-order valence-corrected chi connectivity index (χ2v) is 4.91. The molecule has 0 saturated heterocycles. The Labute approximate surface area is 111 Å². The van der Waals surface area contributed by atoms with Gasteiger partial charge in [0.1, 0.15) is 6.10 Å². The fraction of sp³-hybridized carbons (Fsp3) is 0.286. The quantitative estimate of drug-likeness (QED) is 0.901. The van der Waals surface area contributed by atoms with Crippen molar-refractivity contribution in [2.24, 2.45) is 5.73 Å². The number of rotatable bonds is 5. The summed E-state index contributed by atoms with van der Waals surface area (Å²) in [4.78, 5) is 1.17. The van der Waals surface area contributed by atoms with E-state index in [0.717, 1.165) is 11.5 Å². The molecule has 2 aromatic rings. The van der Waals surface area contributed by atoms with E-state index in [9.17, 15) is 0 Å². The minimum atomic E-state index is -0.124. The zero-order chi connectivity index (χ0) is 13.0. The summed E-state index contributed by atoms with van der Waals surface area (Å²) in [6.45, 7) is 2.51. The number of nitrogens with two attached hydrogens (primary N) is 1. The molecule has 1 heterocycles. The first-order chi connectivity index (χ1) is 8.76. The summed E-state index contributed by atoms with van der Waals surface area (Å²) < 4.78 is 11.2. The largest absolute Gasteiger partial charge is 0.493 e. The lowest BCUT2D eigenvalue weighted by molar-refractivity contribution is 0.207. The fourth-order valence-electron chi connectivity index (χ4n) is 1.79. The van der Waals surface area contributed by atoms with Crippen LogP contribution in [0.5, 0.6) is 11.5 Å². The third-order valence-corrected chi connectivity index (χ3v) is 3.86. The first-order valence-electron chi connectivity index (χ1n) is 5.80. The monoisotopic (exact) mass is 263 g/mol. The number of ether oxygens (including phenoxy) is 2. The predicted molar refractivity (Wildman–Crippen MR) is 74.5 cm³/mol. The summed E-state index contributed by atoms with van der Waals surface area (Å²) in [5.41, 5.74) is 7.03. The van der Waals surface area contributed by atoms with Gasteiger partial charge in [-0.1, -0.05) is 12.1 Å². The molecule has 0 aliphatic rings. The van der Waals surface area contributed by atoms with Crippen molar-refractivity contribution < 1.29 is 9.47 Å². The molecule has 0 amide bonds. The van der Waals surface area contributed by atoms with Crippen LogP contribution in [0.1, 0.15) is 16.5 Å². The Kier molecular flexibility index (Phi) is 4.23. The third kappa shape index (κ3) is 2.66. The number of benzene rings is 1. The molecule has 0 fully saturated rings. The topological polar surface area (TPSA) is 44.5 Å². The van der Waals surface area contributed by atoms with E-state index in [4.69, 9.17) is 15.2 Å². The molecule has 0 bridgehead atoms. The van der Waals surface area contributed by atoms with Gasteiger partial charge in [-0.25, -0.2) is 0 Å². The first kappa shape index (κ1) is 12.9. The van der Waals surface area contributed by atoms with Crippen molar-refractivity contribution in [1.82, 2.24) is 0 Å². The van der Waals surface area contributed by atoms with Crippen molar-refractivity contribution in [2.45, 2.75) is 13.0 Å². The van der Waals surface area contributed by atoms with Gasteiger partial charge in [-0.2, -0.15) is 0 Å². The van der Waals surface area contributed by atoms with Crippen molar-refractivity contribution in [1.29, 1.82) is 0 Å². The number of thiophene rings is 1. The number of hydrogen-bond acceptors (Lipinski definition) is 4. The molecule has 18 heavy (non-hydrogen) atoms. The molecule has 0 aliphatic carbocycles. The van der Waals surface area contributed by atoms with E-state index in [2.05, 4.69) is 18.4 Å². The minimum Gasteiger partial charge on any atom is -0.493 e. The summed E-state index contributed by atoms with van der Waals surface area (Å²) >= 11 is 1.67. The molecule has 0 aliphatic heterocycles. The van der Waals surface area contributed by atoms with Crippen LogP contribution in [0.2, 0.25) is 0 Å². The van der Waals surface area contributed by atoms with Gasteiger partial charge in [-0.05, 0) is 36.1 Å². The second-order valence-electron chi connectivity index (χ2n) is 3.96. The number of aryl methyl sites for hydroxylation is 1. The molecule has 1 aromatic carbocycles. The normalized spacial score (nSPS) is 12.2. The Morgan fingerprint density at radius 2 is 1.94 bits per heavy atom. The average molecular weight is 263 g/mol. The van der Waals surface area contributed by atoms with E-state index in [1.807, 2.05) is 24.3 Å². The Bertz CT molecular complexity index is 510. The van der Waals surface area contributed by atoms with Crippen LogP contribution in [-0.2, 0) is 0 Å². The predicted octanol–water partition coefficient (Wildman–Crippen LogP) is 3.14. The van der Waals surface area contributed by atoms with Crippen LogP contribution < -0.4 is 15.2 Å². The van der Waals surface area contributed by atoms with Crippen molar-refractivity contribution in [2.75, 3.05) is 13.7 Å². The maximum absolute atomic E-state index is 5.97. The van der Waals surface area contributed by atoms with Crippen molar-refractivity contribution in [3.63, 3.8) is 0 Å². The van der Waals surface area contributed by atoms with Crippen LogP contribution in [0.4, 0.5) is 0 Å². The summed E-state index contributed by atoms with van der Waals surface area (Å²) in [5, 5.41) is 2.05. The van der Waals surface area contributed by atoms with Gasteiger partial charge in [0.05, 0.1) is 7.11 Å². The average Bonchev–Trinajstić information content (AvgIpc) is 2.82. The van der Waals surface area contributed by atoms with Crippen molar-refractivity contribution in [3.8, 4) is 11.5 Å². The van der Waals surface area contributed by atoms with Gasteiger partial charge in [-0.3, -0.25) is 0 Å². The standard InChI is InChI=1S/C14H17NO2S/c1-10-7-8-18-14(10)13(9-15)17-12-6-4-3-5-11(12)16-2/h3-8,13H,9,15H2,1-2H3. The van der Waals surface area contributed by atoms with Crippen LogP contribution in [0.15, 0.2) is 35.7 Å². The highest BCUT2D eigenvalue weighted by Gasteiger charge is 2.17. The highest BCUT2D eigenvalue weighted by molar-refractivity contribution is 7.10. The zero-order valence-electron chi connectivity index (χ0n) is 10.6. The highest BCUT2D eigenvalue weighted by atomic mass is 32.1. The number of para-hydroxylation sites is 2. The van der Waals surface area contributed by atoms with E-state index in [1.165, 1.54) is 10.4 Å². The Hall–Kier alpha value is -1.52. The molecule has 2 rings (SSSR count). The lowest BCUT2D eigenvalue weighted by atomic mass is 10.2.